The topological polar surface area (TPSA) is 45.7 Å². The van der Waals surface area contributed by atoms with E-state index in [0.717, 1.165) is 11.1 Å². The second kappa shape index (κ2) is 12.1. The summed E-state index contributed by atoms with van der Waals surface area (Å²) in [6.45, 7) is -0.181. The molecule has 2 N–H and O–H groups in total. The Bertz CT molecular complexity index is 738. The number of rotatable bonds is 7. The van der Waals surface area contributed by atoms with Crippen LogP contribution < -0.4 is 10.6 Å². The van der Waals surface area contributed by atoms with Gasteiger partial charge in [-0.15, -0.1) is 24.0 Å². The van der Waals surface area contributed by atoms with Gasteiger partial charge in [-0.05, 0) is 28.8 Å². The zero-order chi connectivity index (χ0) is 19.7. The van der Waals surface area contributed by atoms with Crippen molar-refractivity contribution in [3.63, 3.8) is 0 Å². The van der Waals surface area contributed by atoms with Gasteiger partial charge < -0.3 is 15.4 Å². The molecule has 0 aliphatic carbocycles. The fraction of sp³-hybridized carbons (Fsp3) is 0.316. The maximum Gasteiger partial charge on any atom is 0.411 e. The SMILES string of the molecule is CN=C(NCc1ccc(Cl)cc1)NCc1ccc(COCC(F)(F)F)cc1.I. The molecule has 0 saturated heterocycles. The smallest absolute Gasteiger partial charge is 0.367 e. The van der Waals surface area contributed by atoms with Crippen LogP contribution in [-0.2, 0) is 24.4 Å². The first kappa shape index (κ1) is 24.5. The van der Waals surface area contributed by atoms with Crippen LogP contribution in [0.2, 0.25) is 5.02 Å². The number of halogens is 5. The molecule has 0 atom stereocenters. The van der Waals surface area contributed by atoms with E-state index in [4.69, 9.17) is 11.6 Å². The van der Waals surface area contributed by atoms with Gasteiger partial charge in [-0.25, -0.2) is 0 Å². The van der Waals surface area contributed by atoms with Gasteiger partial charge in [0.1, 0.15) is 6.61 Å². The van der Waals surface area contributed by atoms with E-state index in [9.17, 15) is 13.2 Å². The summed E-state index contributed by atoms with van der Waals surface area (Å²) < 4.78 is 40.8. The lowest BCUT2D eigenvalue weighted by Crippen LogP contribution is -2.36. The normalized spacial score (nSPS) is 11.7. The number of hydrogen-bond acceptors (Lipinski definition) is 2. The molecule has 2 aromatic carbocycles. The summed E-state index contributed by atoms with van der Waals surface area (Å²) in [4.78, 5) is 4.16. The van der Waals surface area contributed by atoms with Crippen LogP contribution in [0.1, 0.15) is 16.7 Å². The van der Waals surface area contributed by atoms with Crippen LogP contribution in [0.15, 0.2) is 53.5 Å². The molecule has 4 nitrogen and oxygen atoms in total. The van der Waals surface area contributed by atoms with Gasteiger partial charge in [-0.2, -0.15) is 13.2 Å². The monoisotopic (exact) mass is 527 g/mol. The van der Waals surface area contributed by atoms with Gasteiger partial charge in [0.25, 0.3) is 0 Å². The van der Waals surface area contributed by atoms with Crippen molar-refractivity contribution in [1.82, 2.24) is 10.6 Å². The van der Waals surface area contributed by atoms with E-state index in [1.807, 2.05) is 36.4 Å². The third-order valence-corrected chi connectivity index (χ3v) is 3.87. The Balaban J connectivity index is 0.00000392. The fourth-order valence-corrected chi connectivity index (χ4v) is 2.36. The van der Waals surface area contributed by atoms with Crippen molar-refractivity contribution in [3.8, 4) is 0 Å². The average molecular weight is 528 g/mol. The van der Waals surface area contributed by atoms with Crippen molar-refractivity contribution in [1.29, 1.82) is 0 Å². The van der Waals surface area contributed by atoms with Crippen LogP contribution >= 0.6 is 35.6 Å². The number of guanidine groups is 1. The quantitative estimate of drug-likeness (QED) is 0.306. The summed E-state index contributed by atoms with van der Waals surface area (Å²) >= 11 is 5.86. The molecule has 2 rings (SSSR count). The predicted octanol–water partition coefficient (Wildman–Crippen LogP) is 4.90. The van der Waals surface area contributed by atoms with Crippen molar-refractivity contribution in [2.24, 2.45) is 4.99 Å². The van der Waals surface area contributed by atoms with Gasteiger partial charge in [0.05, 0.1) is 6.61 Å². The first-order valence-corrected chi connectivity index (χ1v) is 8.65. The molecule has 0 aliphatic rings. The minimum Gasteiger partial charge on any atom is -0.367 e. The lowest BCUT2D eigenvalue weighted by molar-refractivity contribution is -0.176. The van der Waals surface area contributed by atoms with E-state index in [2.05, 4.69) is 20.4 Å². The molecular weight excluding hydrogens is 506 g/mol. The zero-order valence-electron chi connectivity index (χ0n) is 15.2. The first-order chi connectivity index (χ1) is 12.9. The third-order valence-electron chi connectivity index (χ3n) is 3.61. The second-order valence-electron chi connectivity index (χ2n) is 5.83. The Morgan fingerprint density at radius 3 is 1.86 bits per heavy atom. The van der Waals surface area contributed by atoms with E-state index in [1.54, 1.807) is 19.2 Å². The van der Waals surface area contributed by atoms with E-state index in [0.29, 0.717) is 29.6 Å². The van der Waals surface area contributed by atoms with Crippen LogP contribution in [0, 0.1) is 0 Å². The average Bonchev–Trinajstić information content (AvgIpc) is 2.63. The number of alkyl halides is 3. The molecule has 0 aliphatic heterocycles. The highest BCUT2D eigenvalue weighted by atomic mass is 127. The van der Waals surface area contributed by atoms with Gasteiger partial charge in [0.2, 0.25) is 0 Å². The fourth-order valence-electron chi connectivity index (χ4n) is 2.23. The maximum atomic E-state index is 12.1. The van der Waals surface area contributed by atoms with Gasteiger partial charge in [0, 0.05) is 25.2 Å². The van der Waals surface area contributed by atoms with Crippen molar-refractivity contribution < 1.29 is 17.9 Å². The molecule has 0 radical (unpaired) electrons. The molecule has 0 aromatic heterocycles. The van der Waals surface area contributed by atoms with E-state index in [-0.39, 0.29) is 30.6 Å². The van der Waals surface area contributed by atoms with Crippen LogP contribution in [0.4, 0.5) is 13.2 Å². The number of nitrogens with zero attached hydrogens (tertiary/aromatic N) is 1. The molecule has 154 valence electrons. The number of aliphatic imine (C=N–C) groups is 1. The summed E-state index contributed by atoms with van der Waals surface area (Å²) in [6.07, 6.45) is -4.31. The highest BCUT2D eigenvalue weighted by Gasteiger charge is 2.27. The predicted molar refractivity (Wildman–Crippen MR) is 116 cm³/mol. The van der Waals surface area contributed by atoms with Gasteiger partial charge >= 0.3 is 6.18 Å². The molecule has 0 fully saturated rings. The van der Waals surface area contributed by atoms with Gasteiger partial charge in [0.15, 0.2) is 5.96 Å². The Hall–Kier alpha value is -1.52. The Labute approximate surface area is 184 Å². The number of ether oxygens (including phenoxy) is 1. The number of nitrogens with one attached hydrogen (secondary N) is 2. The second-order valence-corrected chi connectivity index (χ2v) is 6.27. The Kier molecular flexibility index (Phi) is 10.6. The Morgan fingerprint density at radius 1 is 0.929 bits per heavy atom. The summed E-state index contributed by atoms with van der Waals surface area (Å²) in [5, 5.41) is 7.07. The largest absolute Gasteiger partial charge is 0.411 e. The van der Waals surface area contributed by atoms with Crippen LogP contribution in [0.5, 0.6) is 0 Å². The van der Waals surface area contributed by atoms with Crippen LogP contribution in [0.3, 0.4) is 0 Å². The molecule has 0 saturated carbocycles. The number of benzene rings is 2. The standard InChI is InChI=1S/C19H21ClF3N3O.HI/c1-24-18(26-11-15-6-8-17(20)9-7-15)25-10-14-2-4-16(5-3-14)12-27-13-19(21,22)23;/h2-9H,10-13H2,1H3,(H2,24,25,26);1H. The lowest BCUT2D eigenvalue weighted by Gasteiger charge is -2.12. The molecular formula is C19H22ClF3IN3O. The van der Waals surface area contributed by atoms with Crippen molar-refractivity contribution >= 4 is 41.5 Å². The van der Waals surface area contributed by atoms with Crippen molar-refractivity contribution in [2.45, 2.75) is 25.9 Å². The van der Waals surface area contributed by atoms with Crippen molar-refractivity contribution in [3.05, 3.63) is 70.2 Å². The van der Waals surface area contributed by atoms with Crippen molar-refractivity contribution in [2.75, 3.05) is 13.7 Å². The van der Waals surface area contributed by atoms with Crippen LogP contribution in [-0.4, -0.2) is 25.8 Å². The van der Waals surface area contributed by atoms with E-state index < -0.39 is 12.8 Å². The lowest BCUT2D eigenvalue weighted by atomic mass is 10.1. The molecule has 2 aromatic rings. The van der Waals surface area contributed by atoms with E-state index in [1.165, 1.54) is 0 Å². The molecule has 0 bridgehead atoms. The number of hydrogen-bond donors (Lipinski definition) is 2. The zero-order valence-corrected chi connectivity index (χ0v) is 18.3. The first-order valence-electron chi connectivity index (χ1n) is 8.27. The maximum absolute atomic E-state index is 12.1. The highest BCUT2D eigenvalue weighted by molar-refractivity contribution is 14.0. The summed E-state index contributed by atoms with van der Waals surface area (Å²) in [7, 11) is 1.68. The van der Waals surface area contributed by atoms with Gasteiger partial charge in [-0.3, -0.25) is 4.99 Å². The summed E-state index contributed by atoms with van der Waals surface area (Å²) in [5.41, 5.74) is 2.74. The molecule has 9 heteroatoms. The molecule has 0 amide bonds. The minimum absolute atomic E-state index is 0. The van der Waals surface area contributed by atoms with Crippen LogP contribution in [0.25, 0.3) is 0 Å². The highest BCUT2D eigenvalue weighted by Crippen LogP contribution is 2.16. The molecule has 0 heterocycles. The summed E-state index contributed by atoms with van der Waals surface area (Å²) in [6, 6.07) is 14.7. The molecule has 0 spiro atoms. The Morgan fingerprint density at radius 2 is 1.39 bits per heavy atom. The third kappa shape index (κ3) is 9.61. The minimum atomic E-state index is -4.31. The van der Waals surface area contributed by atoms with Gasteiger partial charge in [-0.1, -0.05) is 48.0 Å². The molecule has 28 heavy (non-hydrogen) atoms. The summed E-state index contributed by atoms with van der Waals surface area (Å²) in [5.74, 6) is 0.641. The van der Waals surface area contributed by atoms with E-state index >= 15 is 0 Å². The molecule has 0 unspecified atom stereocenters.